The largest absolute Gasteiger partial charge is 0.490 e. The van der Waals surface area contributed by atoms with Gasteiger partial charge in [0.1, 0.15) is 0 Å². The van der Waals surface area contributed by atoms with E-state index in [4.69, 9.17) is 25.5 Å². The molecule has 0 saturated heterocycles. The number of thioether (sulfide) groups is 1. The fourth-order valence-corrected chi connectivity index (χ4v) is 2.82. The Morgan fingerprint density at radius 2 is 1.23 bits per heavy atom. The summed E-state index contributed by atoms with van der Waals surface area (Å²) in [5.41, 5.74) is 5.64. The van der Waals surface area contributed by atoms with Gasteiger partial charge in [0.05, 0.1) is 0 Å². The number of rotatable bonds is 4. The molecule has 0 aromatic heterocycles. The van der Waals surface area contributed by atoms with E-state index in [9.17, 15) is 26.3 Å². The van der Waals surface area contributed by atoms with E-state index in [2.05, 4.69) is 18.7 Å². The topological polar surface area (TPSA) is 101 Å². The van der Waals surface area contributed by atoms with E-state index in [1.807, 2.05) is 0 Å². The van der Waals surface area contributed by atoms with Crippen LogP contribution in [0, 0.1) is 11.8 Å². The van der Waals surface area contributed by atoms with E-state index in [1.54, 1.807) is 0 Å². The molecule has 0 heterocycles. The summed E-state index contributed by atoms with van der Waals surface area (Å²) in [7, 11) is 0. The van der Waals surface area contributed by atoms with E-state index < -0.39 is 24.3 Å². The van der Waals surface area contributed by atoms with E-state index in [0.29, 0.717) is 0 Å². The van der Waals surface area contributed by atoms with Crippen molar-refractivity contribution in [1.82, 2.24) is 0 Å². The van der Waals surface area contributed by atoms with Crippen molar-refractivity contribution < 1.29 is 46.1 Å². The normalized spacial score (nSPS) is 20.2. The Balaban J connectivity index is 0. The first-order chi connectivity index (χ1) is 11.8. The number of hydrogen-bond donors (Lipinski definition) is 3. The highest BCUT2D eigenvalue weighted by molar-refractivity contribution is 7.99. The molecule has 4 N–H and O–H groups in total. The summed E-state index contributed by atoms with van der Waals surface area (Å²) in [5, 5.41) is 14.2. The molecule has 1 aliphatic rings. The second-order valence-electron chi connectivity index (χ2n) is 5.39. The third-order valence-electron chi connectivity index (χ3n) is 3.34. The van der Waals surface area contributed by atoms with Crippen molar-refractivity contribution in [2.45, 2.75) is 45.0 Å². The first-order valence-electron chi connectivity index (χ1n) is 7.63. The summed E-state index contributed by atoms with van der Waals surface area (Å²) in [5.74, 6) is -1.02. The lowest BCUT2D eigenvalue weighted by Crippen LogP contribution is -2.22. The van der Waals surface area contributed by atoms with Gasteiger partial charge in [0.25, 0.3) is 0 Å². The molecule has 1 aliphatic carbocycles. The first kappa shape index (κ1) is 27.1. The van der Waals surface area contributed by atoms with Crippen molar-refractivity contribution in [3.63, 3.8) is 0 Å². The van der Waals surface area contributed by atoms with Crippen molar-refractivity contribution in [1.29, 1.82) is 0 Å². The Labute approximate surface area is 151 Å². The molecular formula is C14H23F6NO4S. The molecule has 0 aromatic rings. The Morgan fingerprint density at radius 1 is 0.923 bits per heavy atom. The third-order valence-corrected chi connectivity index (χ3v) is 4.46. The molecular weight excluding hydrogens is 392 g/mol. The van der Waals surface area contributed by atoms with Crippen LogP contribution in [0.15, 0.2) is 0 Å². The van der Waals surface area contributed by atoms with E-state index in [0.717, 1.165) is 18.4 Å². The zero-order valence-electron chi connectivity index (χ0n) is 14.1. The summed E-state index contributed by atoms with van der Waals surface area (Å²) in [6.45, 7) is 3.16. The van der Waals surface area contributed by atoms with Gasteiger partial charge in [-0.15, -0.1) is 0 Å². The van der Waals surface area contributed by atoms with Gasteiger partial charge in [-0.2, -0.15) is 38.1 Å². The maximum absolute atomic E-state index is 10.6. The molecule has 5 nitrogen and oxygen atoms in total. The quantitative estimate of drug-likeness (QED) is 0.605. The smallest absolute Gasteiger partial charge is 0.475 e. The lowest BCUT2D eigenvalue weighted by molar-refractivity contribution is -0.193. The summed E-state index contributed by atoms with van der Waals surface area (Å²) < 4.78 is 63.5. The molecule has 0 unspecified atom stereocenters. The molecule has 0 bridgehead atoms. The Hall–Kier alpha value is -1.17. The number of carbonyl (C=O) groups is 2. The number of carboxylic acid groups (broad SMARTS) is 2. The van der Waals surface area contributed by atoms with Gasteiger partial charge < -0.3 is 15.9 Å². The molecule has 0 aliphatic heterocycles. The standard InChI is InChI=1S/C10H21NS.2C2HF3O2/c1-2-12-8-10-5-3-9(7-11)4-6-10;2*3-2(4,5)1(6)7/h9-10H,2-8,11H2,1H3;2*(H,6,7). The number of halogens is 6. The van der Waals surface area contributed by atoms with Gasteiger partial charge in [-0.1, -0.05) is 6.92 Å². The van der Waals surface area contributed by atoms with Crippen molar-refractivity contribution in [2.75, 3.05) is 18.1 Å². The fraction of sp³-hybridized carbons (Fsp3) is 0.857. The Kier molecular flexibility index (Phi) is 13.6. The highest BCUT2D eigenvalue weighted by Crippen LogP contribution is 2.30. The van der Waals surface area contributed by atoms with Gasteiger partial charge >= 0.3 is 24.3 Å². The van der Waals surface area contributed by atoms with Gasteiger partial charge in [0.15, 0.2) is 0 Å². The molecule has 0 spiro atoms. The first-order valence-corrected chi connectivity index (χ1v) is 8.79. The van der Waals surface area contributed by atoms with Crippen LogP contribution in [0.25, 0.3) is 0 Å². The second-order valence-corrected chi connectivity index (χ2v) is 6.71. The lowest BCUT2D eigenvalue weighted by Gasteiger charge is -2.27. The maximum Gasteiger partial charge on any atom is 0.490 e. The molecule has 0 radical (unpaired) electrons. The fourth-order valence-electron chi connectivity index (χ4n) is 1.92. The minimum Gasteiger partial charge on any atom is -0.475 e. The highest BCUT2D eigenvalue weighted by Gasteiger charge is 2.38. The number of aliphatic carboxylic acids is 2. The van der Waals surface area contributed by atoms with Crippen LogP contribution in [0.2, 0.25) is 0 Å². The average Bonchev–Trinajstić information content (AvgIpc) is 2.52. The SMILES string of the molecule is CCSCC1CCC(CN)CC1.O=C(O)C(F)(F)F.O=C(O)C(F)(F)F. The minimum atomic E-state index is -5.08. The number of nitrogens with two attached hydrogens (primary N) is 1. The average molecular weight is 415 g/mol. The zero-order valence-corrected chi connectivity index (χ0v) is 14.9. The van der Waals surface area contributed by atoms with Crippen molar-refractivity contribution in [2.24, 2.45) is 17.6 Å². The zero-order chi connectivity index (χ0) is 21.0. The lowest BCUT2D eigenvalue weighted by atomic mass is 9.83. The predicted molar refractivity (Wildman–Crippen MR) is 84.9 cm³/mol. The Bertz CT molecular complexity index is 385. The van der Waals surface area contributed by atoms with Crippen molar-refractivity contribution in [3.05, 3.63) is 0 Å². The van der Waals surface area contributed by atoms with Crippen LogP contribution in [0.4, 0.5) is 26.3 Å². The van der Waals surface area contributed by atoms with Crippen LogP contribution in [0.5, 0.6) is 0 Å². The van der Waals surface area contributed by atoms with Gasteiger partial charge in [0.2, 0.25) is 0 Å². The number of carboxylic acids is 2. The van der Waals surface area contributed by atoms with Crippen LogP contribution < -0.4 is 5.73 Å². The highest BCUT2D eigenvalue weighted by atomic mass is 32.2. The van der Waals surface area contributed by atoms with Crippen LogP contribution in [0.3, 0.4) is 0 Å². The summed E-state index contributed by atoms with van der Waals surface area (Å²) in [4.78, 5) is 17.8. The van der Waals surface area contributed by atoms with Crippen LogP contribution >= 0.6 is 11.8 Å². The van der Waals surface area contributed by atoms with Gasteiger partial charge in [0, 0.05) is 0 Å². The molecule has 1 fully saturated rings. The van der Waals surface area contributed by atoms with E-state index >= 15 is 0 Å². The Morgan fingerprint density at radius 3 is 1.46 bits per heavy atom. The summed E-state index contributed by atoms with van der Waals surface area (Å²) in [6, 6.07) is 0. The predicted octanol–water partition coefficient (Wildman–Crippen LogP) is 3.77. The molecule has 0 atom stereocenters. The molecule has 156 valence electrons. The molecule has 12 heteroatoms. The minimum absolute atomic E-state index is 0.841. The number of alkyl halides is 6. The molecule has 0 aromatic carbocycles. The second kappa shape index (κ2) is 13.1. The van der Waals surface area contributed by atoms with E-state index in [-0.39, 0.29) is 0 Å². The van der Waals surface area contributed by atoms with Crippen molar-refractivity contribution in [3.8, 4) is 0 Å². The van der Waals surface area contributed by atoms with E-state index in [1.165, 1.54) is 37.2 Å². The van der Waals surface area contributed by atoms with Crippen LogP contribution in [-0.2, 0) is 9.59 Å². The van der Waals surface area contributed by atoms with Crippen molar-refractivity contribution >= 4 is 23.7 Å². The maximum atomic E-state index is 10.6. The molecule has 1 rings (SSSR count). The van der Waals surface area contributed by atoms with Gasteiger partial charge in [-0.3, -0.25) is 0 Å². The number of hydrogen-bond acceptors (Lipinski definition) is 4. The molecule has 0 amide bonds. The van der Waals surface area contributed by atoms with Crippen LogP contribution in [0.1, 0.15) is 32.6 Å². The van der Waals surface area contributed by atoms with Crippen LogP contribution in [-0.4, -0.2) is 52.6 Å². The molecule has 26 heavy (non-hydrogen) atoms. The van der Waals surface area contributed by atoms with Gasteiger partial charge in [-0.05, 0) is 55.6 Å². The molecule has 1 saturated carbocycles. The monoisotopic (exact) mass is 415 g/mol. The summed E-state index contributed by atoms with van der Waals surface area (Å²) >= 11 is 2.09. The van der Waals surface area contributed by atoms with Gasteiger partial charge in [-0.25, -0.2) is 9.59 Å². The third kappa shape index (κ3) is 15.1. The summed E-state index contributed by atoms with van der Waals surface area (Å²) in [6.07, 6.45) is -4.55.